The van der Waals surface area contributed by atoms with Gasteiger partial charge in [0.1, 0.15) is 11.5 Å². The number of thioether (sulfide) groups is 1. The standard InChI is InChI=1S/C15H25NOS/c1-12-4-3-5-13(7-6-12)16-10-14-8-9-15(17-14)11-18-2/h8-9,12-13,16H,3-7,10-11H2,1-2H3. The van der Waals surface area contributed by atoms with E-state index < -0.39 is 0 Å². The van der Waals surface area contributed by atoms with Crippen LogP contribution in [0.15, 0.2) is 16.5 Å². The third-order valence-corrected chi connectivity index (χ3v) is 4.40. The van der Waals surface area contributed by atoms with Crippen LogP contribution in [-0.4, -0.2) is 12.3 Å². The maximum absolute atomic E-state index is 5.78. The summed E-state index contributed by atoms with van der Waals surface area (Å²) in [6, 6.07) is 4.89. The van der Waals surface area contributed by atoms with Crippen molar-refractivity contribution < 1.29 is 4.42 Å². The van der Waals surface area contributed by atoms with Crippen molar-refractivity contribution in [1.82, 2.24) is 5.32 Å². The Hall–Kier alpha value is -0.410. The average Bonchev–Trinajstić information content (AvgIpc) is 2.70. The summed E-state index contributed by atoms with van der Waals surface area (Å²) in [5.41, 5.74) is 0. The first-order valence-electron chi connectivity index (χ1n) is 7.08. The maximum atomic E-state index is 5.78. The highest BCUT2D eigenvalue weighted by Gasteiger charge is 2.15. The molecule has 18 heavy (non-hydrogen) atoms. The van der Waals surface area contributed by atoms with E-state index >= 15 is 0 Å². The van der Waals surface area contributed by atoms with Crippen LogP contribution >= 0.6 is 11.8 Å². The molecular weight excluding hydrogens is 242 g/mol. The van der Waals surface area contributed by atoms with Crippen molar-refractivity contribution in [2.24, 2.45) is 5.92 Å². The number of nitrogens with one attached hydrogen (secondary N) is 1. The van der Waals surface area contributed by atoms with Gasteiger partial charge in [0.2, 0.25) is 0 Å². The second kappa shape index (κ2) is 7.25. The molecule has 2 rings (SSSR count). The van der Waals surface area contributed by atoms with Crippen LogP contribution in [0.3, 0.4) is 0 Å². The highest BCUT2D eigenvalue weighted by Crippen LogP contribution is 2.23. The van der Waals surface area contributed by atoms with Crippen molar-refractivity contribution in [3.05, 3.63) is 23.7 Å². The molecule has 3 heteroatoms. The highest BCUT2D eigenvalue weighted by atomic mass is 32.2. The first-order chi connectivity index (χ1) is 8.78. The maximum Gasteiger partial charge on any atom is 0.118 e. The molecule has 1 heterocycles. The van der Waals surface area contributed by atoms with Crippen LogP contribution in [0.5, 0.6) is 0 Å². The number of furan rings is 1. The minimum Gasteiger partial charge on any atom is -0.464 e. The van der Waals surface area contributed by atoms with Gasteiger partial charge in [-0.15, -0.1) is 0 Å². The molecule has 2 nitrogen and oxygen atoms in total. The van der Waals surface area contributed by atoms with E-state index in [1.807, 2.05) is 0 Å². The topological polar surface area (TPSA) is 25.2 Å². The van der Waals surface area contributed by atoms with Crippen LogP contribution in [0.25, 0.3) is 0 Å². The molecule has 102 valence electrons. The average molecular weight is 267 g/mol. The zero-order valence-electron chi connectivity index (χ0n) is 11.6. The first kappa shape index (κ1) is 14.0. The van der Waals surface area contributed by atoms with Gasteiger partial charge in [-0.1, -0.05) is 19.8 Å². The monoisotopic (exact) mass is 267 g/mol. The van der Waals surface area contributed by atoms with Gasteiger partial charge < -0.3 is 9.73 Å². The van der Waals surface area contributed by atoms with Crippen LogP contribution in [0.2, 0.25) is 0 Å². The van der Waals surface area contributed by atoms with Crippen molar-refractivity contribution in [2.75, 3.05) is 6.26 Å². The van der Waals surface area contributed by atoms with Gasteiger partial charge in [-0.2, -0.15) is 11.8 Å². The lowest BCUT2D eigenvalue weighted by molar-refractivity contribution is 0.404. The predicted octanol–water partition coefficient (Wildman–Crippen LogP) is 4.20. The van der Waals surface area contributed by atoms with E-state index in [2.05, 4.69) is 30.6 Å². The van der Waals surface area contributed by atoms with E-state index in [0.29, 0.717) is 6.04 Å². The predicted molar refractivity (Wildman–Crippen MR) is 78.8 cm³/mol. The third-order valence-electron chi connectivity index (χ3n) is 3.83. The zero-order chi connectivity index (χ0) is 12.8. The van der Waals surface area contributed by atoms with Gasteiger partial charge in [-0.05, 0) is 43.6 Å². The van der Waals surface area contributed by atoms with Crippen molar-refractivity contribution in [3.8, 4) is 0 Å². The molecule has 0 aliphatic heterocycles. The Kier molecular flexibility index (Phi) is 5.64. The summed E-state index contributed by atoms with van der Waals surface area (Å²) in [6.45, 7) is 3.26. The molecular formula is C15H25NOS. The number of rotatable bonds is 5. The summed E-state index contributed by atoms with van der Waals surface area (Å²) < 4.78 is 5.78. The molecule has 1 fully saturated rings. The van der Waals surface area contributed by atoms with E-state index in [-0.39, 0.29) is 0 Å². The van der Waals surface area contributed by atoms with Crippen molar-refractivity contribution in [1.29, 1.82) is 0 Å². The quantitative estimate of drug-likeness (QED) is 0.809. The molecule has 2 atom stereocenters. The molecule has 0 amide bonds. The van der Waals surface area contributed by atoms with Gasteiger partial charge in [-0.25, -0.2) is 0 Å². The van der Waals surface area contributed by atoms with Gasteiger partial charge in [-0.3, -0.25) is 0 Å². The Bertz CT molecular complexity index is 350. The van der Waals surface area contributed by atoms with E-state index in [9.17, 15) is 0 Å². The summed E-state index contributed by atoms with van der Waals surface area (Å²) in [6.07, 6.45) is 8.88. The molecule has 0 bridgehead atoms. The molecule has 1 N–H and O–H groups in total. The van der Waals surface area contributed by atoms with Gasteiger partial charge in [0, 0.05) is 6.04 Å². The van der Waals surface area contributed by atoms with E-state index in [1.54, 1.807) is 11.8 Å². The third kappa shape index (κ3) is 4.36. The second-order valence-corrected chi connectivity index (χ2v) is 6.36. The fourth-order valence-electron chi connectivity index (χ4n) is 2.67. The minimum absolute atomic E-state index is 0.684. The summed E-state index contributed by atoms with van der Waals surface area (Å²) in [4.78, 5) is 0. The van der Waals surface area contributed by atoms with Crippen molar-refractivity contribution >= 4 is 11.8 Å². The lowest BCUT2D eigenvalue weighted by Gasteiger charge is -2.15. The Morgan fingerprint density at radius 1 is 1.22 bits per heavy atom. The Morgan fingerprint density at radius 2 is 2.06 bits per heavy atom. The molecule has 1 saturated carbocycles. The van der Waals surface area contributed by atoms with Gasteiger partial charge >= 0.3 is 0 Å². The van der Waals surface area contributed by atoms with Gasteiger partial charge in [0.15, 0.2) is 0 Å². The summed E-state index contributed by atoms with van der Waals surface area (Å²) in [5.74, 6) is 4.06. The van der Waals surface area contributed by atoms with E-state index in [4.69, 9.17) is 4.42 Å². The summed E-state index contributed by atoms with van der Waals surface area (Å²) in [5, 5.41) is 3.65. The lowest BCUT2D eigenvalue weighted by Crippen LogP contribution is -2.27. The highest BCUT2D eigenvalue weighted by molar-refractivity contribution is 7.97. The smallest absolute Gasteiger partial charge is 0.118 e. The fourth-order valence-corrected chi connectivity index (χ4v) is 3.11. The first-order valence-corrected chi connectivity index (χ1v) is 8.47. The SMILES string of the molecule is CSCc1ccc(CNC2CCCC(C)CC2)o1. The molecule has 0 aromatic carbocycles. The van der Waals surface area contributed by atoms with Gasteiger partial charge in [0.05, 0.1) is 12.3 Å². The molecule has 0 radical (unpaired) electrons. The van der Waals surface area contributed by atoms with E-state index in [1.165, 1.54) is 32.1 Å². The van der Waals surface area contributed by atoms with Crippen molar-refractivity contribution in [2.45, 2.75) is 57.4 Å². The zero-order valence-corrected chi connectivity index (χ0v) is 12.4. The van der Waals surface area contributed by atoms with Gasteiger partial charge in [0.25, 0.3) is 0 Å². The largest absolute Gasteiger partial charge is 0.464 e. The Labute approximate surface area is 115 Å². The van der Waals surface area contributed by atoms with Crippen LogP contribution in [0.1, 0.15) is 50.5 Å². The molecule has 1 aromatic rings. The van der Waals surface area contributed by atoms with E-state index in [0.717, 1.165) is 29.7 Å². The lowest BCUT2D eigenvalue weighted by atomic mass is 10.0. The van der Waals surface area contributed by atoms with Crippen LogP contribution in [0, 0.1) is 5.92 Å². The van der Waals surface area contributed by atoms with Crippen LogP contribution < -0.4 is 5.32 Å². The molecule has 1 aliphatic rings. The van der Waals surface area contributed by atoms with Crippen LogP contribution in [0.4, 0.5) is 0 Å². The normalized spacial score (nSPS) is 25.0. The minimum atomic E-state index is 0.684. The Balaban J connectivity index is 1.76. The fraction of sp³-hybridized carbons (Fsp3) is 0.733. The number of hydrogen-bond donors (Lipinski definition) is 1. The van der Waals surface area contributed by atoms with Crippen LogP contribution in [-0.2, 0) is 12.3 Å². The molecule has 0 spiro atoms. The molecule has 1 aliphatic carbocycles. The molecule has 1 aromatic heterocycles. The molecule has 0 saturated heterocycles. The second-order valence-electron chi connectivity index (χ2n) is 5.49. The summed E-state index contributed by atoms with van der Waals surface area (Å²) in [7, 11) is 0. The Morgan fingerprint density at radius 3 is 2.89 bits per heavy atom. The summed E-state index contributed by atoms with van der Waals surface area (Å²) >= 11 is 1.80. The molecule has 2 unspecified atom stereocenters. The number of hydrogen-bond acceptors (Lipinski definition) is 3. The van der Waals surface area contributed by atoms with Crippen molar-refractivity contribution in [3.63, 3.8) is 0 Å².